The molecule has 0 amide bonds. The molecule has 0 radical (unpaired) electrons. The van der Waals surface area contributed by atoms with Gasteiger partial charge in [-0.2, -0.15) is 0 Å². The van der Waals surface area contributed by atoms with Crippen molar-refractivity contribution in [2.45, 2.75) is 13.2 Å². The second kappa shape index (κ2) is 10.1. The van der Waals surface area contributed by atoms with E-state index in [1.165, 1.54) is 16.8 Å². The summed E-state index contributed by atoms with van der Waals surface area (Å²) in [7, 11) is -3.10. The maximum absolute atomic E-state index is 14.5. The van der Waals surface area contributed by atoms with Crippen LogP contribution in [0, 0.1) is 5.82 Å². The second-order valence-electron chi connectivity index (χ2n) is 7.09. The normalized spacial score (nSPS) is 12.9. The highest BCUT2D eigenvalue weighted by Gasteiger charge is 2.23. The van der Waals surface area contributed by atoms with Crippen molar-refractivity contribution in [3.05, 3.63) is 84.1 Å². The number of para-hydroxylation sites is 1. The van der Waals surface area contributed by atoms with E-state index in [1.54, 1.807) is 48.7 Å². The van der Waals surface area contributed by atoms with Crippen LogP contribution >= 0.6 is 7.82 Å². The molecule has 4 rings (SSSR count). The van der Waals surface area contributed by atoms with Crippen molar-refractivity contribution in [2.24, 2.45) is 0 Å². The average Bonchev–Trinajstić information content (AvgIpc) is 3.29. The van der Waals surface area contributed by atoms with Crippen LogP contribution in [0.5, 0.6) is 11.6 Å². The zero-order valence-corrected chi connectivity index (χ0v) is 18.9. The molecule has 1 aromatic carbocycles. The molecule has 3 N–H and O–H groups in total. The van der Waals surface area contributed by atoms with Gasteiger partial charge >= 0.3 is 7.82 Å². The number of nitrogens with zero attached hydrogens (tertiary/aromatic N) is 3. The Hall–Kier alpha value is -3.63. The van der Waals surface area contributed by atoms with Crippen LogP contribution in [0.4, 0.5) is 10.2 Å². The number of hydrogen-bond acceptors (Lipinski definition) is 8. The second-order valence-corrected chi connectivity index (χ2v) is 8.65. The summed E-state index contributed by atoms with van der Waals surface area (Å²) in [6.07, 6.45) is 3.33. The third kappa shape index (κ3) is 5.64. The quantitative estimate of drug-likeness (QED) is 0.267. The highest BCUT2D eigenvalue weighted by molar-refractivity contribution is 7.47. The fourth-order valence-electron chi connectivity index (χ4n) is 3.04. The molecular weight excluding hydrogens is 466 g/mol. The highest BCUT2D eigenvalue weighted by Crippen LogP contribution is 2.41. The van der Waals surface area contributed by atoms with Crippen LogP contribution in [0.1, 0.15) is 11.3 Å². The van der Waals surface area contributed by atoms with E-state index in [0.717, 1.165) is 7.11 Å². The van der Waals surface area contributed by atoms with Crippen molar-refractivity contribution in [1.29, 1.82) is 0 Å². The summed E-state index contributed by atoms with van der Waals surface area (Å²) in [5.74, 6) is 0.334. The zero-order valence-electron chi connectivity index (χ0n) is 18.0. The van der Waals surface area contributed by atoms with Crippen LogP contribution in [0.2, 0.25) is 0 Å². The molecule has 4 aromatic rings. The number of rotatable bonds is 9. The van der Waals surface area contributed by atoms with Crippen molar-refractivity contribution in [3.63, 3.8) is 0 Å². The van der Waals surface area contributed by atoms with Gasteiger partial charge in [0.15, 0.2) is 11.6 Å². The van der Waals surface area contributed by atoms with Gasteiger partial charge in [-0.1, -0.05) is 23.4 Å². The van der Waals surface area contributed by atoms with Gasteiger partial charge in [-0.3, -0.25) is 10.3 Å². The van der Waals surface area contributed by atoms with E-state index in [4.69, 9.17) is 19.5 Å². The average molecular weight is 487 g/mol. The van der Waals surface area contributed by atoms with Crippen LogP contribution in [0.25, 0.3) is 11.3 Å². The number of aromatic nitrogens is 3. The minimum Gasteiger partial charge on any atom is -0.436 e. The monoisotopic (exact) mass is 487 g/mol. The van der Waals surface area contributed by atoms with Crippen LogP contribution in [0.15, 0.2) is 71.5 Å². The standard InChI is InChI=1S/C22H20FN4O6P/c1-30-34(28,29)31-14-27-9-5-8-18(21(27)24)20-12-16(26-33-20)10-15-11-19(23)22(25-13-15)32-17-6-3-2-4-7-17/h2-9,11-13,24H,10,14H2,1H3,(H,28,29)/p+1. The first kappa shape index (κ1) is 23.5. The van der Waals surface area contributed by atoms with Gasteiger partial charge in [0.05, 0.1) is 11.9 Å². The maximum Gasteiger partial charge on any atom is 0.475 e. The van der Waals surface area contributed by atoms with E-state index in [2.05, 4.69) is 14.7 Å². The van der Waals surface area contributed by atoms with E-state index < -0.39 is 13.6 Å². The van der Waals surface area contributed by atoms with E-state index in [-0.39, 0.29) is 24.8 Å². The number of nitrogens with two attached hydrogens (primary N) is 1. The van der Waals surface area contributed by atoms with Gasteiger partial charge < -0.3 is 14.2 Å². The molecule has 12 heteroatoms. The number of halogens is 1. The first-order valence-electron chi connectivity index (χ1n) is 9.99. The Morgan fingerprint density at radius 3 is 2.74 bits per heavy atom. The molecule has 0 bridgehead atoms. The smallest absolute Gasteiger partial charge is 0.436 e. The van der Waals surface area contributed by atoms with Gasteiger partial charge in [0.2, 0.25) is 6.73 Å². The molecule has 0 aliphatic rings. The van der Waals surface area contributed by atoms with E-state index in [0.29, 0.717) is 28.3 Å². The minimum absolute atomic E-state index is 0.125. The number of ether oxygens (including phenoxy) is 1. The Labute approximate surface area is 194 Å². The fraction of sp³-hybridized carbons (Fsp3) is 0.136. The van der Waals surface area contributed by atoms with Crippen molar-refractivity contribution < 1.29 is 36.7 Å². The van der Waals surface area contributed by atoms with Crippen LogP contribution in [0.3, 0.4) is 0 Å². The van der Waals surface area contributed by atoms with Crippen molar-refractivity contribution in [2.75, 3.05) is 12.8 Å². The lowest BCUT2D eigenvalue weighted by Crippen LogP contribution is -2.38. The molecule has 3 heterocycles. The molecular formula is C22H21FN4O6P+. The topological polar surface area (TPSA) is 134 Å². The number of anilines is 1. The Morgan fingerprint density at radius 2 is 2.00 bits per heavy atom. The maximum atomic E-state index is 14.5. The van der Waals surface area contributed by atoms with E-state index >= 15 is 0 Å². The van der Waals surface area contributed by atoms with Gasteiger partial charge in [0, 0.05) is 25.8 Å². The largest absolute Gasteiger partial charge is 0.475 e. The lowest BCUT2D eigenvalue weighted by molar-refractivity contribution is -0.711. The summed E-state index contributed by atoms with van der Waals surface area (Å²) in [4.78, 5) is 13.5. The lowest BCUT2D eigenvalue weighted by atomic mass is 10.1. The first-order chi connectivity index (χ1) is 16.3. The van der Waals surface area contributed by atoms with E-state index in [1.807, 2.05) is 6.07 Å². The predicted octanol–water partition coefficient (Wildman–Crippen LogP) is 3.85. The Balaban J connectivity index is 1.47. The van der Waals surface area contributed by atoms with E-state index in [9.17, 15) is 13.8 Å². The fourth-order valence-corrected chi connectivity index (χ4v) is 3.42. The van der Waals surface area contributed by atoms with Gasteiger partial charge in [-0.15, -0.1) is 0 Å². The number of nitrogen functional groups attached to an aromatic ring is 1. The van der Waals surface area contributed by atoms with Gasteiger partial charge in [-0.05, 0) is 35.9 Å². The third-order valence-electron chi connectivity index (χ3n) is 4.74. The zero-order chi connectivity index (χ0) is 24.1. The van der Waals surface area contributed by atoms with Crippen molar-refractivity contribution in [3.8, 4) is 23.0 Å². The summed E-state index contributed by atoms with van der Waals surface area (Å²) >= 11 is 0. The van der Waals surface area contributed by atoms with Crippen molar-refractivity contribution in [1.82, 2.24) is 10.1 Å². The summed E-state index contributed by atoms with van der Waals surface area (Å²) in [6, 6.07) is 15.1. The number of hydrogen-bond donors (Lipinski definition) is 2. The first-order valence-corrected chi connectivity index (χ1v) is 11.5. The molecule has 0 saturated carbocycles. The molecule has 34 heavy (non-hydrogen) atoms. The molecule has 176 valence electrons. The number of pyridine rings is 2. The molecule has 0 saturated heterocycles. The molecule has 1 atom stereocenters. The highest BCUT2D eigenvalue weighted by atomic mass is 31.2. The minimum atomic E-state index is -4.17. The Bertz CT molecular complexity index is 1330. The van der Waals surface area contributed by atoms with Gasteiger partial charge in [0.1, 0.15) is 11.3 Å². The Morgan fingerprint density at radius 1 is 1.21 bits per heavy atom. The van der Waals surface area contributed by atoms with Crippen LogP contribution < -0.4 is 15.0 Å². The SMILES string of the molecule is COP(=O)(O)OC[n+]1cccc(-c2cc(Cc3cnc(Oc4ccccc4)c(F)c3)no2)c1N. The molecule has 0 aliphatic heterocycles. The molecule has 10 nitrogen and oxygen atoms in total. The molecule has 0 fully saturated rings. The molecule has 3 aromatic heterocycles. The van der Waals surface area contributed by atoms with Gasteiger partial charge in [0.25, 0.3) is 11.7 Å². The number of phosphoric acid groups is 1. The molecule has 0 spiro atoms. The van der Waals surface area contributed by atoms with Crippen LogP contribution in [-0.4, -0.2) is 22.1 Å². The molecule has 0 aliphatic carbocycles. The van der Waals surface area contributed by atoms with Gasteiger partial charge in [-0.25, -0.2) is 23.0 Å². The molecule has 1 unspecified atom stereocenters. The summed E-state index contributed by atoms with van der Waals surface area (Å²) in [5.41, 5.74) is 7.75. The predicted molar refractivity (Wildman–Crippen MR) is 118 cm³/mol. The van der Waals surface area contributed by atoms with Crippen molar-refractivity contribution >= 4 is 13.6 Å². The third-order valence-corrected chi connectivity index (χ3v) is 5.64. The number of benzene rings is 1. The number of phosphoric ester groups is 1. The summed E-state index contributed by atoms with van der Waals surface area (Å²) < 4.78 is 47.5. The Kier molecular flexibility index (Phi) is 6.99. The summed E-state index contributed by atoms with van der Waals surface area (Å²) in [5, 5.41) is 4.02. The lowest BCUT2D eigenvalue weighted by Gasteiger charge is -2.09. The summed E-state index contributed by atoms with van der Waals surface area (Å²) in [6.45, 7) is -0.315. The van der Waals surface area contributed by atoms with Crippen LogP contribution in [-0.2, 0) is 26.8 Å².